The molecule has 0 N–H and O–H groups in total. The summed E-state index contributed by atoms with van der Waals surface area (Å²) in [5.74, 6) is 0. The first kappa shape index (κ1) is 8.44. The smallest absolute Gasteiger partial charge is 0.0698 e. The molecule has 1 atom stereocenters. The van der Waals surface area contributed by atoms with E-state index < -0.39 is 0 Å². The van der Waals surface area contributed by atoms with Gasteiger partial charge in [0.15, 0.2) is 0 Å². The molecule has 1 heterocycles. The van der Waals surface area contributed by atoms with Gasteiger partial charge in [0, 0.05) is 0 Å². The van der Waals surface area contributed by atoms with Gasteiger partial charge in [0.05, 0.1) is 24.0 Å². The molecule has 0 bridgehead atoms. The molecule has 1 aliphatic heterocycles. The minimum absolute atomic E-state index is 0.462. The van der Waals surface area contributed by atoms with E-state index >= 15 is 0 Å². The maximum absolute atomic E-state index is 4.54. The van der Waals surface area contributed by atoms with Gasteiger partial charge >= 0.3 is 0 Å². The molecule has 0 spiro atoms. The van der Waals surface area contributed by atoms with E-state index in [1.807, 2.05) is 13.8 Å². The van der Waals surface area contributed by atoms with Crippen molar-refractivity contribution in [2.75, 3.05) is 6.54 Å². The number of rotatable bonds is 2. The van der Waals surface area contributed by atoms with Crippen LogP contribution in [0.3, 0.4) is 0 Å². The van der Waals surface area contributed by atoms with E-state index in [2.05, 4.69) is 16.9 Å². The zero-order valence-corrected chi connectivity index (χ0v) is 7.59. The maximum Gasteiger partial charge on any atom is 0.0698 e. The second-order valence-electron chi connectivity index (χ2n) is 3.08. The van der Waals surface area contributed by atoms with Gasteiger partial charge in [-0.1, -0.05) is 13.3 Å². The molecule has 1 aliphatic rings. The molecule has 0 aromatic carbocycles. The average molecular weight is 152 g/mol. The van der Waals surface area contributed by atoms with Crippen molar-refractivity contribution in [3.05, 3.63) is 0 Å². The first-order valence-electron chi connectivity index (χ1n) is 4.30. The van der Waals surface area contributed by atoms with Gasteiger partial charge in [0.25, 0.3) is 0 Å². The van der Waals surface area contributed by atoms with Crippen LogP contribution < -0.4 is 0 Å². The molecule has 0 saturated carbocycles. The van der Waals surface area contributed by atoms with Gasteiger partial charge in [0.2, 0.25) is 0 Å². The molecule has 0 saturated heterocycles. The minimum Gasteiger partial charge on any atom is -0.286 e. The summed E-state index contributed by atoms with van der Waals surface area (Å²) in [6.45, 7) is 7.16. The SMILES string of the molecule is CCCC1CN=C(C)C(C)=N1. The van der Waals surface area contributed by atoms with Crippen LogP contribution in [0.1, 0.15) is 33.6 Å². The lowest BCUT2D eigenvalue weighted by molar-refractivity contribution is 0.611. The minimum atomic E-state index is 0.462. The molecule has 0 aliphatic carbocycles. The van der Waals surface area contributed by atoms with Crippen LogP contribution >= 0.6 is 0 Å². The van der Waals surface area contributed by atoms with Crippen LogP contribution in [-0.2, 0) is 0 Å². The number of nitrogens with zero attached hydrogens (tertiary/aromatic N) is 2. The summed E-state index contributed by atoms with van der Waals surface area (Å²) in [5, 5.41) is 0. The Morgan fingerprint density at radius 2 is 2.09 bits per heavy atom. The summed E-state index contributed by atoms with van der Waals surface area (Å²) in [4.78, 5) is 8.94. The zero-order chi connectivity index (χ0) is 8.27. The fraction of sp³-hybridized carbons (Fsp3) is 0.778. The van der Waals surface area contributed by atoms with E-state index in [4.69, 9.17) is 0 Å². The van der Waals surface area contributed by atoms with Crippen molar-refractivity contribution in [1.29, 1.82) is 0 Å². The first-order valence-corrected chi connectivity index (χ1v) is 4.30. The lowest BCUT2D eigenvalue weighted by atomic mass is 10.1. The van der Waals surface area contributed by atoms with Gasteiger partial charge in [-0.15, -0.1) is 0 Å². The quantitative estimate of drug-likeness (QED) is 0.579. The number of hydrogen-bond acceptors (Lipinski definition) is 2. The van der Waals surface area contributed by atoms with Crippen molar-refractivity contribution in [3.63, 3.8) is 0 Å². The van der Waals surface area contributed by atoms with Crippen LogP contribution in [0.2, 0.25) is 0 Å². The summed E-state index contributed by atoms with van der Waals surface area (Å²) in [6, 6.07) is 0.462. The second kappa shape index (κ2) is 3.65. The van der Waals surface area contributed by atoms with E-state index in [9.17, 15) is 0 Å². The summed E-state index contributed by atoms with van der Waals surface area (Å²) in [5.41, 5.74) is 2.23. The molecular formula is C9H16N2. The fourth-order valence-electron chi connectivity index (χ4n) is 1.25. The van der Waals surface area contributed by atoms with Gasteiger partial charge in [-0.25, -0.2) is 0 Å². The highest BCUT2D eigenvalue weighted by Crippen LogP contribution is 2.07. The molecule has 1 unspecified atom stereocenters. The van der Waals surface area contributed by atoms with Crippen molar-refractivity contribution < 1.29 is 0 Å². The molecule has 0 radical (unpaired) electrons. The predicted molar refractivity (Wildman–Crippen MR) is 49.8 cm³/mol. The van der Waals surface area contributed by atoms with Gasteiger partial charge in [-0.3, -0.25) is 9.98 Å². The van der Waals surface area contributed by atoms with E-state index in [1.54, 1.807) is 0 Å². The Kier molecular flexibility index (Phi) is 2.80. The molecule has 0 aromatic heterocycles. The Bertz CT molecular complexity index is 192. The summed E-state index contributed by atoms with van der Waals surface area (Å²) in [7, 11) is 0. The molecule has 62 valence electrons. The zero-order valence-electron chi connectivity index (χ0n) is 7.59. The molecule has 2 nitrogen and oxygen atoms in total. The Labute approximate surface area is 68.4 Å². The van der Waals surface area contributed by atoms with Crippen molar-refractivity contribution in [3.8, 4) is 0 Å². The fourth-order valence-corrected chi connectivity index (χ4v) is 1.25. The van der Waals surface area contributed by atoms with Crippen molar-refractivity contribution in [1.82, 2.24) is 0 Å². The van der Waals surface area contributed by atoms with E-state index in [0.29, 0.717) is 6.04 Å². The van der Waals surface area contributed by atoms with Crippen LogP contribution in [0.4, 0.5) is 0 Å². The largest absolute Gasteiger partial charge is 0.286 e. The Hall–Kier alpha value is -0.660. The molecule has 11 heavy (non-hydrogen) atoms. The Morgan fingerprint density at radius 1 is 1.36 bits per heavy atom. The monoisotopic (exact) mass is 152 g/mol. The summed E-state index contributed by atoms with van der Waals surface area (Å²) < 4.78 is 0. The standard InChI is InChI=1S/C9H16N2/c1-4-5-9-6-10-7(2)8(3)11-9/h9H,4-6H2,1-3H3. The van der Waals surface area contributed by atoms with Crippen molar-refractivity contribution in [2.45, 2.75) is 39.7 Å². The van der Waals surface area contributed by atoms with Gasteiger partial charge < -0.3 is 0 Å². The Balaban J connectivity index is 2.54. The average Bonchev–Trinajstić information content (AvgIpc) is 1.98. The molecule has 2 heteroatoms. The lowest BCUT2D eigenvalue weighted by Crippen LogP contribution is -2.21. The normalized spacial score (nSPS) is 24.5. The molecule has 0 amide bonds. The van der Waals surface area contributed by atoms with E-state index in [1.165, 1.54) is 12.8 Å². The van der Waals surface area contributed by atoms with E-state index in [-0.39, 0.29) is 0 Å². The molecule has 1 rings (SSSR count). The molecule has 0 aromatic rings. The van der Waals surface area contributed by atoms with Crippen LogP contribution in [0.25, 0.3) is 0 Å². The molecular weight excluding hydrogens is 136 g/mol. The predicted octanol–water partition coefficient (Wildman–Crippen LogP) is 2.09. The van der Waals surface area contributed by atoms with E-state index in [0.717, 1.165) is 18.0 Å². The van der Waals surface area contributed by atoms with Crippen LogP contribution in [0.5, 0.6) is 0 Å². The third-order valence-electron chi connectivity index (χ3n) is 2.06. The Morgan fingerprint density at radius 3 is 2.64 bits per heavy atom. The molecule has 0 fully saturated rings. The lowest BCUT2D eigenvalue weighted by Gasteiger charge is -2.15. The highest BCUT2D eigenvalue weighted by Gasteiger charge is 2.11. The number of hydrogen-bond donors (Lipinski definition) is 0. The third kappa shape index (κ3) is 2.14. The van der Waals surface area contributed by atoms with Crippen LogP contribution in [0, 0.1) is 0 Å². The van der Waals surface area contributed by atoms with Crippen molar-refractivity contribution in [2.24, 2.45) is 9.98 Å². The van der Waals surface area contributed by atoms with Gasteiger partial charge in [-0.2, -0.15) is 0 Å². The second-order valence-corrected chi connectivity index (χ2v) is 3.08. The van der Waals surface area contributed by atoms with Crippen molar-refractivity contribution >= 4 is 11.4 Å². The maximum atomic E-state index is 4.54. The first-order chi connectivity index (χ1) is 5.24. The van der Waals surface area contributed by atoms with Gasteiger partial charge in [0.1, 0.15) is 0 Å². The van der Waals surface area contributed by atoms with Crippen LogP contribution in [0.15, 0.2) is 9.98 Å². The highest BCUT2D eigenvalue weighted by molar-refractivity contribution is 6.40. The third-order valence-corrected chi connectivity index (χ3v) is 2.06. The van der Waals surface area contributed by atoms with Crippen LogP contribution in [-0.4, -0.2) is 24.0 Å². The summed E-state index contributed by atoms with van der Waals surface area (Å²) in [6.07, 6.45) is 2.38. The van der Waals surface area contributed by atoms with Gasteiger partial charge in [-0.05, 0) is 20.3 Å². The number of aliphatic imine (C=N–C) groups is 2. The topological polar surface area (TPSA) is 24.7 Å². The highest BCUT2D eigenvalue weighted by atomic mass is 14.9. The summed E-state index contributed by atoms with van der Waals surface area (Å²) >= 11 is 0.